The summed E-state index contributed by atoms with van der Waals surface area (Å²) in [6.07, 6.45) is 5.27. The summed E-state index contributed by atoms with van der Waals surface area (Å²) in [6.45, 7) is 0.650. The Hall–Kier alpha value is -3.08. The third kappa shape index (κ3) is 2.97. The second-order valence-electron chi connectivity index (χ2n) is 7.54. The lowest BCUT2D eigenvalue weighted by Crippen LogP contribution is -2.31. The SMILES string of the molecule is O=C(CCn1ccc2ccccc21)N[C@H]1CCCc2c1[nH]c1ccc(F)cc21. The van der Waals surface area contributed by atoms with Gasteiger partial charge in [0.1, 0.15) is 5.82 Å². The number of aromatic nitrogens is 2. The maximum absolute atomic E-state index is 13.7. The fourth-order valence-electron chi connectivity index (χ4n) is 4.40. The molecule has 2 heterocycles. The van der Waals surface area contributed by atoms with Crippen LogP contribution in [0.1, 0.15) is 36.6 Å². The van der Waals surface area contributed by atoms with E-state index in [2.05, 4.69) is 33.1 Å². The van der Waals surface area contributed by atoms with Crippen molar-refractivity contribution in [2.75, 3.05) is 0 Å². The predicted molar refractivity (Wildman–Crippen MR) is 109 cm³/mol. The number of rotatable bonds is 4. The number of carbonyl (C=O) groups excluding carboxylic acids is 1. The van der Waals surface area contributed by atoms with E-state index in [1.54, 1.807) is 12.1 Å². The molecule has 28 heavy (non-hydrogen) atoms. The number of nitrogens with zero attached hydrogens (tertiary/aromatic N) is 1. The summed E-state index contributed by atoms with van der Waals surface area (Å²) >= 11 is 0. The van der Waals surface area contributed by atoms with Gasteiger partial charge in [-0.05, 0) is 60.5 Å². The molecule has 1 aliphatic rings. The molecule has 2 aromatic heterocycles. The molecule has 0 aliphatic heterocycles. The van der Waals surface area contributed by atoms with Gasteiger partial charge in [-0.3, -0.25) is 4.79 Å². The minimum absolute atomic E-state index is 0.0342. The fourth-order valence-corrected chi connectivity index (χ4v) is 4.40. The molecular formula is C23H22FN3O. The number of aryl methyl sites for hydroxylation is 2. The van der Waals surface area contributed by atoms with Crippen molar-refractivity contribution in [3.05, 3.63) is 71.8 Å². The number of aromatic amines is 1. The second kappa shape index (κ2) is 6.82. The maximum Gasteiger partial charge on any atom is 0.222 e. The van der Waals surface area contributed by atoms with Gasteiger partial charge in [-0.1, -0.05) is 18.2 Å². The van der Waals surface area contributed by atoms with E-state index in [4.69, 9.17) is 0 Å². The zero-order valence-corrected chi connectivity index (χ0v) is 15.5. The van der Waals surface area contributed by atoms with Crippen LogP contribution in [0.25, 0.3) is 21.8 Å². The first kappa shape index (κ1) is 17.0. The highest BCUT2D eigenvalue weighted by Gasteiger charge is 2.25. The Labute approximate surface area is 162 Å². The summed E-state index contributed by atoms with van der Waals surface area (Å²) in [5.74, 6) is -0.181. The molecule has 2 aromatic carbocycles. The van der Waals surface area contributed by atoms with Crippen LogP contribution in [-0.4, -0.2) is 15.5 Å². The Kier molecular flexibility index (Phi) is 4.15. The Morgan fingerprint density at radius 2 is 2.11 bits per heavy atom. The van der Waals surface area contributed by atoms with Crippen molar-refractivity contribution in [1.29, 1.82) is 0 Å². The van der Waals surface area contributed by atoms with Crippen LogP contribution < -0.4 is 5.32 Å². The number of carbonyl (C=O) groups is 1. The monoisotopic (exact) mass is 375 g/mol. The first-order valence-corrected chi connectivity index (χ1v) is 9.82. The molecule has 2 N–H and O–H groups in total. The van der Waals surface area contributed by atoms with Gasteiger partial charge in [-0.15, -0.1) is 0 Å². The van der Waals surface area contributed by atoms with Crippen molar-refractivity contribution in [3.8, 4) is 0 Å². The summed E-state index contributed by atoms with van der Waals surface area (Å²) in [5.41, 5.74) is 4.26. The molecule has 5 rings (SSSR count). The van der Waals surface area contributed by atoms with E-state index in [9.17, 15) is 9.18 Å². The average molecular weight is 375 g/mol. The molecule has 5 heteroatoms. The first-order chi connectivity index (χ1) is 13.7. The third-order valence-corrected chi connectivity index (χ3v) is 5.76. The number of amides is 1. The molecule has 1 atom stereocenters. The third-order valence-electron chi connectivity index (χ3n) is 5.76. The van der Waals surface area contributed by atoms with Crippen LogP contribution in [-0.2, 0) is 17.8 Å². The van der Waals surface area contributed by atoms with E-state index in [1.165, 1.54) is 11.5 Å². The Morgan fingerprint density at radius 3 is 3.04 bits per heavy atom. The summed E-state index contributed by atoms with van der Waals surface area (Å²) in [7, 11) is 0. The van der Waals surface area contributed by atoms with Crippen LogP contribution in [0.4, 0.5) is 4.39 Å². The molecule has 0 saturated carbocycles. The molecule has 0 fully saturated rings. The van der Waals surface area contributed by atoms with E-state index in [-0.39, 0.29) is 17.8 Å². The topological polar surface area (TPSA) is 49.8 Å². The summed E-state index contributed by atoms with van der Waals surface area (Å²) < 4.78 is 15.8. The van der Waals surface area contributed by atoms with Gasteiger partial charge in [0, 0.05) is 41.3 Å². The van der Waals surface area contributed by atoms with Gasteiger partial charge in [-0.2, -0.15) is 0 Å². The van der Waals surface area contributed by atoms with Crippen LogP contribution >= 0.6 is 0 Å². The van der Waals surface area contributed by atoms with Crippen LogP contribution in [0.15, 0.2) is 54.7 Å². The van der Waals surface area contributed by atoms with Crippen molar-refractivity contribution in [2.45, 2.75) is 38.3 Å². The summed E-state index contributed by atoms with van der Waals surface area (Å²) in [5, 5.41) is 5.31. The number of hydrogen-bond acceptors (Lipinski definition) is 1. The average Bonchev–Trinajstić information content (AvgIpc) is 3.28. The molecule has 1 amide bonds. The highest BCUT2D eigenvalue weighted by Crippen LogP contribution is 2.35. The van der Waals surface area contributed by atoms with E-state index < -0.39 is 0 Å². The Bertz CT molecular complexity index is 1170. The molecular weight excluding hydrogens is 353 g/mol. The predicted octanol–water partition coefficient (Wildman–Crippen LogP) is 4.85. The van der Waals surface area contributed by atoms with E-state index in [0.717, 1.165) is 46.9 Å². The van der Waals surface area contributed by atoms with Gasteiger partial charge in [0.2, 0.25) is 5.91 Å². The van der Waals surface area contributed by atoms with Crippen molar-refractivity contribution >= 4 is 27.7 Å². The lowest BCUT2D eigenvalue weighted by atomic mass is 9.91. The van der Waals surface area contributed by atoms with Gasteiger partial charge < -0.3 is 14.9 Å². The van der Waals surface area contributed by atoms with Crippen LogP contribution in [0.3, 0.4) is 0 Å². The highest BCUT2D eigenvalue weighted by atomic mass is 19.1. The second-order valence-corrected chi connectivity index (χ2v) is 7.54. The minimum atomic E-state index is -0.223. The van der Waals surface area contributed by atoms with Crippen molar-refractivity contribution in [2.24, 2.45) is 0 Å². The Morgan fingerprint density at radius 1 is 1.21 bits per heavy atom. The van der Waals surface area contributed by atoms with Gasteiger partial charge in [0.15, 0.2) is 0 Å². The normalized spacial score (nSPS) is 16.4. The number of halogens is 1. The van der Waals surface area contributed by atoms with Crippen LogP contribution in [0.5, 0.6) is 0 Å². The molecule has 0 spiro atoms. The first-order valence-electron chi connectivity index (χ1n) is 9.82. The quantitative estimate of drug-likeness (QED) is 0.527. The smallest absolute Gasteiger partial charge is 0.222 e. The molecule has 142 valence electrons. The zero-order valence-electron chi connectivity index (χ0n) is 15.5. The number of fused-ring (bicyclic) bond motifs is 4. The van der Waals surface area contributed by atoms with E-state index in [0.29, 0.717) is 13.0 Å². The van der Waals surface area contributed by atoms with Crippen LogP contribution in [0, 0.1) is 5.82 Å². The van der Waals surface area contributed by atoms with Gasteiger partial charge in [0.25, 0.3) is 0 Å². The van der Waals surface area contributed by atoms with Crippen molar-refractivity contribution in [1.82, 2.24) is 14.9 Å². The minimum Gasteiger partial charge on any atom is -0.356 e. The van der Waals surface area contributed by atoms with Crippen LogP contribution in [0.2, 0.25) is 0 Å². The molecule has 0 saturated heterocycles. The number of nitrogens with one attached hydrogen (secondary N) is 2. The Balaban J connectivity index is 1.31. The lowest BCUT2D eigenvalue weighted by molar-refractivity contribution is -0.122. The van der Waals surface area contributed by atoms with E-state index >= 15 is 0 Å². The van der Waals surface area contributed by atoms with Crippen molar-refractivity contribution < 1.29 is 9.18 Å². The largest absolute Gasteiger partial charge is 0.356 e. The number of hydrogen-bond donors (Lipinski definition) is 2. The zero-order chi connectivity index (χ0) is 19.1. The molecule has 0 bridgehead atoms. The van der Waals surface area contributed by atoms with E-state index in [1.807, 2.05) is 18.3 Å². The fraction of sp³-hybridized carbons (Fsp3) is 0.261. The number of para-hydroxylation sites is 1. The van der Waals surface area contributed by atoms with Crippen molar-refractivity contribution in [3.63, 3.8) is 0 Å². The summed E-state index contributed by atoms with van der Waals surface area (Å²) in [4.78, 5) is 16.0. The van der Waals surface area contributed by atoms with Gasteiger partial charge >= 0.3 is 0 Å². The standard InChI is InChI=1S/C23H22FN3O/c24-16-8-9-19-18(14-16)17-5-3-6-20(23(17)26-19)25-22(28)11-13-27-12-10-15-4-1-2-7-21(15)27/h1-2,4,7-10,12,14,20,26H,3,5-6,11,13H2,(H,25,28)/t20-/m0/s1. The molecule has 4 aromatic rings. The van der Waals surface area contributed by atoms with Gasteiger partial charge in [0.05, 0.1) is 6.04 Å². The molecule has 4 nitrogen and oxygen atoms in total. The summed E-state index contributed by atoms with van der Waals surface area (Å²) in [6, 6.07) is 15.1. The molecule has 0 radical (unpaired) electrons. The maximum atomic E-state index is 13.7. The number of H-pyrrole nitrogens is 1. The highest BCUT2D eigenvalue weighted by molar-refractivity contribution is 5.86. The van der Waals surface area contributed by atoms with Gasteiger partial charge in [-0.25, -0.2) is 4.39 Å². The molecule has 0 unspecified atom stereocenters. The molecule has 1 aliphatic carbocycles. The number of benzene rings is 2. The lowest BCUT2D eigenvalue weighted by Gasteiger charge is -2.24.